The molecule has 0 aliphatic carbocycles. The van der Waals surface area contributed by atoms with Gasteiger partial charge in [0.2, 0.25) is 0 Å². The smallest absolute Gasteiger partial charge is 0.303 e. The largest absolute Gasteiger partial charge is 0.481 e. The number of carboxylic acids is 1. The Morgan fingerprint density at radius 3 is 2.54 bits per heavy atom. The molecule has 0 saturated carbocycles. The third kappa shape index (κ3) is 4.34. The van der Waals surface area contributed by atoms with Crippen LogP contribution >= 0.6 is 0 Å². The van der Waals surface area contributed by atoms with Gasteiger partial charge in [0, 0.05) is 19.5 Å². The highest BCUT2D eigenvalue weighted by molar-refractivity contribution is 5.99. The molecule has 24 heavy (non-hydrogen) atoms. The molecule has 0 aliphatic heterocycles. The summed E-state index contributed by atoms with van der Waals surface area (Å²) >= 11 is 0. The van der Waals surface area contributed by atoms with Crippen LogP contribution in [0.3, 0.4) is 0 Å². The van der Waals surface area contributed by atoms with Gasteiger partial charge in [0.1, 0.15) is 11.4 Å². The number of hydrogen-bond donors (Lipinski definition) is 3. The van der Waals surface area contributed by atoms with Crippen molar-refractivity contribution in [2.75, 3.05) is 5.73 Å². The molecule has 1 aromatic carbocycles. The van der Waals surface area contributed by atoms with Crippen LogP contribution in [-0.2, 0) is 18.3 Å². The quantitative estimate of drug-likeness (QED) is 0.713. The van der Waals surface area contributed by atoms with Crippen LogP contribution in [-0.4, -0.2) is 32.8 Å². The summed E-state index contributed by atoms with van der Waals surface area (Å²) in [7, 11) is 1.67. The van der Waals surface area contributed by atoms with E-state index in [2.05, 4.69) is 10.4 Å². The zero-order chi connectivity index (χ0) is 17.7. The van der Waals surface area contributed by atoms with E-state index in [0.717, 1.165) is 5.56 Å². The van der Waals surface area contributed by atoms with Gasteiger partial charge in [-0.2, -0.15) is 5.10 Å². The lowest BCUT2D eigenvalue weighted by atomic mass is 10.0. The summed E-state index contributed by atoms with van der Waals surface area (Å²) in [6.07, 6.45) is 0.882. The minimum Gasteiger partial charge on any atom is -0.481 e. The van der Waals surface area contributed by atoms with Gasteiger partial charge in [-0.1, -0.05) is 30.3 Å². The Balaban J connectivity index is 2.14. The van der Waals surface area contributed by atoms with Crippen molar-refractivity contribution in [3.63, 3.8) is 0 Å². The first-order valence-electron chi connectivity index (χ1n) is 7.74. The van der Waals surface area contributed by atoms with Crippen LogP contribution in [0.2, 0.25) is 0 Å². The molecule has 1 amide bonds. The number of aliphatic carboxylic acids is 1. The molecule has 1 atom stereocenters. The SMILES string of the molecule is Cc1nn(C)c(N)c1C(=O)NC(CCC(=O)O)Cc1ccccc1. The second-order valence-corrected chi connectivity index (χ2v) is 5.76. The lowest BCUT2D eigenvalue weighted by molar-refractivity contribution is -0.137. The van der Waals surface area contributed by atoms with Gasteiger partial charge in [0.15, 0.2) is 0 Å². The van der Waals surface area contributed by atoms with Gasteiger partial charge in [-0.15, -0.1) is 0 Å². The summed E-state index contributed by atoms with van der Waals surface area (Å²) in [5.74, 6) is -0.925. The highest BCUT2D eigenvalue weighted by Crippen LogP contribution is 2.16. The van der Waals surface area contributed by atoms with Crippen molar-refractivity contribution in [1.29, 1.82) is 0 Å². The van der Waals surface area contributed by atoms with Crippen molar-refractivity contribution in [2.45, 2.75) is 32.2 Å². The molecule has 0 radical (unpaired) electrons. The lowest BCUT2D eigenvalue weighted by Crippen LogP contribution is -2.37. The number of nitrogens with two attached hydrogens (primary N) is 1. The molecule has 0 saturated heterocycles. The minimum absolute atomic E-state index is 0.0146. The molecule has 0 fully saturated rings. The van der Waals surface area contributed by atoms with Gasteiger partial charge in [0.25, 0.3) is 5.91 Å². The fraction of sp³-hybridized carbons (Fsp3) is 0.353. The number of aryl methyl sites for hydroxylation is 2. The second-order valence-electron chi connectivity index (χ2n) is 5.76. The number of nitrogens with zero attached hydrogens (tertiary/aromatic N) is 2. The number of rotatable bonds is 7. The van der Waals surface area contributed by atoms with Gasteiger partial charge in [0.05, 0.1) is 5.69 Å². The molecule has 128 valence electrons. The highest BCUT2D eigenvalue weighted by Gasteiger charge is 2.21. The van der Waals surface area contributed by atoms with Crippen LogP contribution in [0.15, 0.2) is 30.3 Å². The Labute approximate surface area is 140 Å². The number of nitrogens with one attached hydrogen (secondary N) is 1. The summed E-state index contributed by atoms with van der Waals surface area (Å²) in [4.78, 5) is 23.4. The summed E-state index contributed by atoms with van der Waals surface area (Å²) in [5, 5.41) is 16.0. The fourth-order valence-corrected chi connectivity index (χ4v) is 2.64. The standard InChI is InChI=1S/C17H22N4O3/c1-11-15(16(18)21(2)20-11)17(24)19-13(8-9-14(22)23)10-12-6-4-3-5-7-12/h3-7,13H,8-10,18H2,1-2H3,(H,19,24)(H,22,23). The Morgan fingerprint density at radius 1 is 1.33 bits per heavy atom. The highest BCUT2D eigenvalue weighted by atomic mass is 16.4. The van der Waals surface area contributed by atoms with Crippen molar-refractivity contribution in [3.8, 4) is 0 Å². The number of amides is 1. The van der Waals surface area contributed by atoms with Gasteiger partial charge in [-0.05, 0) is 25.3 Å². The molecule has 7 heteroatoms. The second kappa shape index (κ2) is 7.63. The maximum atomic E-state index is 12.6. The van der Waals surface area contributed by atoms with E-state index >= 15 is 0 Å². The van der Waals surface area contributed by atoms with Crippen LogP contribution in [0.5, 0.6) is 0 Å². The monoisotopic (exact) mass is 330 g/mol. The zero-order valence-electron chi connectivity index (χ0n) is 13.8. The predicted molar refractivity (Wildman–Crippen MR) is 90.6 cm³/mol. The van der Waals surface area contributed by atoms with E-state index in [1.165, 1.54) is 4.68 Å². The first-order chi connectivity index (χ1) is 11.4. The molecule has 0 spiro atoms. The van der Waals surface area contributed by atoms with Crippen LogP contribution in [0.25, 0.3) is 0 Å². The van der Waals surface area contributed by atoms with Crippen molar-refractivity contribution < 1.29 is 14.7 Å². The van der Waals surface area contributed by atoms with Gasteiger partial charge >= 0.3 is 5.97 Å². The number of anilines is 1. The third-order valence-corrected chi connectivity index (χ3v) is 3.86. The molecule has 2 aromatic rings. The first kappa shape index (κ1) is 17.5. The van der Waals surface area contributed by atoms with Crippen molar-refractivity contribution in [3.05, 3.63) is 47.2 Å². The number of carbonyl (C=O) groups excluding carboxylic acids is 1. The molecule has 1 aromatic heterocycles. The summed E-state index contributed by atoms with van der Waals surface area (Å²) in [6, 6.07) is 9.33. The van der Waals surface area contributed by atoms with Crippen LogP contribution in [0.4, 0.5) is 5.82 Å². The Bertz CT molecular complexity index is 725. The van der Waals surface area contributed by atoms with E-state index in [-0.39, 0.29) is 18.4 Å². The summed E-state index contributed by atoms with van der Waals surface area (Å²) < 4.78 is 1.45. The van der Waals surface area contributed by atoms with Gasteiger partial charge < -0.3 is 16.2 Å². The van der Waals surface area contributed by atoms with E-state index in [1.54, 1.807) is 14.0 Å². The predicted octanol–water partition coefficient (Wildman–Crippen LogP) is 1.52. The van der Waals surface area contributed by atoms with Gasteiger partial charge in [-0.25, -0.2) is 0 Å². The summed E-state index contributed by atoms with van der Waals surface area (Å²) in [5.41, 5.74) is 7.82. The molecule has 1 unspecified atom stereocenters. The molecule has 0 aliphatic rings. The number of aromatic nitrogens is 2. The third-order valence-electron chi connectivity index (χ3n) is 3.86. The molecule has 0 bridgehead atoms. The average molecular weight is 330 g/mol. The number of benzene rings is 1. The molecular formula is C17H22N4O3. The number of nitrogen functional groups attached to an aromatic ring is 1. The molecule has 1 heterocycles. The molecule has 7 nitrogen and oxygen atoms in total. The van der Waals surface area contributed by atoms with Gasteiger partial charge in [-0.3, -0.25) is 14.3 Å². The van der Waals surface area contributed by atoms with Crippen LogP contribution < -0.4 is 11.1 Å². The number of hydrogen-bond acceptors (Lipinski definition) is 4. The van der Waals surface area contributed by atoms with E-state index < -0.39 is 5.97 Å². The normalized spacial score (nSPS) is 11.9. The molecule has 4 N–H and O–H groups in total. The van der Waals surface area contributed by atoms with E-state index in [4.69, 9.17) is 10.8 Å². The zero-order valence-corrected chi connectivity index (χ0v) is 13.8. The van der Waals surface area contributed by atoms with E-state index in [1.807, 2.05) is 30.3 Å². The Morgan fingerprint density at radius 2 is 2.00 bits per heavy atom. The van der Waals surface area contributed by atoms with E-state index in [0.29, 0.717) is 29.9 Å². The molecular weight excluding hydrogens is 308 g/mol. The lowest BCUT2D eigenvalue weighted by Gasteiger charge is -2.18. The maximum absolute atomic E-state index is 12.6. The average Bonchev–Trinajstić information content (AvgIpc) is 2.78. The fourth-order valence-electron chi connectivity index (χ4n) is 2.64. The first-order valence-corrected chi connectivity index (χ1v) is 7.74. The van der Waals surface area contributed by atoms with Crippen molar-refractivity contribution in [1.82, 2.24) is 15.1 Å². The number of carbonyl (C=O) groups is 2. The number of carboxylic acid groups (broad SMARTS) is 1. The maximum Gasteiger partial charge on any atom is 0.303 e. The summed E-state index contributed by atoms with van der Waals surface area (Å²) in [6.45, 7) is 1.72. The topological polar surface area (TPSA) is 110 Å². The minimum atomic E-state index is -0.889. The van der Waals surface area contributed by atoms with Crippen molar-refractivity contribution >= 4 is 17.7 Å². The Kier molecular flexibility index (Phi) is 5.57. The van der Waals surface area contributed by atoms with Crippen LogP contribution in [0.1, 0.15) is 34.5 Å². The van der Waals surface area contributed by atoms with E-state index in [9.17, 15) is 9.59 Å². The van der Waals surface area contributed by atoms with Crippen molar-refractivity contribution in [2.24, 2.45) is 7.05 Å². The molecule has 2 rings (SSSR count). The Hall–Kier alpha value is -2.83. The van der Waals surface area contributed by atoms with Crippen LogP contribution in [0, 0.1) is 6.92 Å².